The molecule has 8 nitrogen and oxygen atoms in total. The van der Waals surface area contributed by atoms with Crippen molar-refractivity contribution in [3.05, 3.63) is 47.2 Å². The molecule has 0 saturated carbocycles. The van der Waals surface area contributed by atoms with Gasteiger partial charge >= 0.3 is 5.97 Å². The normalized spacial score (nSPS) is 16.3. The van der Waals surface area contributed by atoms with E-state index in [4.69, 9.17) is 28.4 Å². The zero-order valence-electron chi connectivity index (χ0n) is 16.2. The Morgan fingerprint density at radius 2 is 1.62 bits per heavy atom. The average molecular weight is 397 g/mol. The summed E-state index contributed by atoms with van der Waals surface area (Å²) < 4.78 is 32.4. The predicted molar refractivity (Wildman–Crippen MR) is 104 cm³/mol. The van der Waals surface area contributed by atoms with Crippen molar-refractivity contribution in [2.45, 2.75) is 0 Å². The molecule has 29 heavy (non-hydrogen) atoms. The molecule has 2 aromatic carbocycles. The van der Waals surface area contributed by atoms with Crippen LogP contribution in [0.2, 0.25) is 0 Å². The van der Waals surface area contributed by atoms with E-state index >= 15 is 0 Å². The van der Waals surface area contributed by atoms with E-state index in [2.05, 4.69) is 4.99 Å². The molecule has 0 atom stereocenters. The first-order chi connectivity index (χ1) is 14.1. The summed E-state index contributed by atoms with van der Waals surface area (Å²) in [5.41, 5.74) is 1.44. The first-order valence-corrected chi connectivity index (χ1v) is 8.85. The first-order valence-electron chi connectivity index (χ1n) is 8.85. The molecule has 2 aliphatic heterocycles. The summed E-state index contributed by atoms with van der Waals surface area (Å²) in [5, 5.41) is 0. The van der Waals surface area contributed by atoms with Gasteiger partial charge in [-0.1, -0.05) is 6.07 Å². The molecule has 0 radical (unpaired) electrons. The summed E-state index contributed by atoms with van der Waals surface area (Å²) in [6.45, 7) is 1.00. The van der Waals surface area contributed by atoms with E-state index in [0.717, 1.165) is 5.56 Å². The molecule has 0 unspecified atom stereocenters. The van der Waals surface area contributed by atoms with Gasteiger partial charge in [-0.3, -0.25) is 0 Å². The molecular formula is C21H19NO7. The second-order valence-corrected chi connectivity index (χ2v) is 6.15. The molecule has 2 aromatic rings. The van der Waals surface area contributed by atoms with E-state index in [-0.39, 0.29) is 11.6 Å². The van der Waals surface area contributed by atoms with Crippen LogP contribution in [0.4, 0.5) is 0 Å². The summed E-state index contributed by atoms with van der Waals surface area (Å²) in [4.78, 5) is 16.7. The lowest BCUT2D eigenvalue weighted by Crippen LogP contribution is -2.15. The maximum Gasteiger partial charge on any atom is 0.363 e. The average Bonchev–Trinajstić information content (AvgIpc) is 3.12. The number of ether oxygens (including phenoxy) is 6. The van der Waals surface area contributed by atoms with Gasteiger partial charge in [-0.05, 0) is 35.9 Å². The number of aliphatic imine (C=N–C) groups is 1. The van der Waals surface area contributed by atoms with Crippen molar-refractivity contribution < 1.29 is 33.2 Å². The molecule has 0 N–H and O–H groups in total. The maximum atomic E-state index is 12.3. The minimum atomic E-state index is -0.552. The number of cyclic esters (lactones) is 1. The third-order valence-corrected chi connectivity index (χ3v) is 4.40. The molecular weight excluding hydrogens is 378 g/mol. The summed E-state index contributed by atoms with van der Waals surface area (Å²) in [6.07, 6.45) is 1.63. The van der Waals surface area contributed by atoms with Gasteiger partial charge in [0.05, 0.1) is 21.3 Å². The number of fused-ring (bicyclic) bond motifs is 1. The van der Waals surface area contributed by atoms with Gasteiger partial charge in [0.2, 0.25) is 11.6 Å². The van der Waals surface area contributed by atoms with Crippen LogP contribution >= 0.6 is 0 Å². The topological polar surface area (TPSA) is 84.8 Å². The summed E-state index contributed by atoms with van der Waals surface area (Å²) in [5.74, 6) is 2.21. The van der Waals surface area contributed by atoms with Gasteiger partial charge in [0.15, 0.2) is 28.7 Å². The molecule has 0 aliphatic carbocycles. The monoisotopic (exact) mass is 397 g/mol. The Balaban J connectivity index is 1.68. The van der Waals surface area contributed by atoms with Gasteiger partial charge in [-0.15, -0.1) is 0 Å². The Bertz CT molecular complexity index is 1000. The largest absolute Gasteiger partial charge is 0.493 e. The van der Waals surface area contributed by atoms with Crippen molar-refractivity contribution in [1.82, 2.24) is 0 Å². The zero-order valence-corrected chi connectivity index (χ0v) is 16.2. The molecule has 2 aliphatic rings. The number of hydrogen-bond acceptors (Lipinski definition) is 8. The van der Waals surface area contributed by atoms with Crippen LogP contribution in [0.3, 0.4) is 0 Å². The fraction of sp³-hybridized carbons (Fsp3) is 0.238. The Morgan fingerprint density at radius 3 is 2.28 bits per heavy atom. The number of nitrogens with zero attached hydrogens (tertiary/aromatic N) is 1. The van der Waals surface area contributed by atoms with Crippen LogP contribution in [0.25, 0.3) is 6.08 Å². The Kier molecular flexibility index (Phi) is 4.99. The fourth-order valence-corrected chi connectivity index (χ4v) is 3.04. The van der Waals surface area contributed by atoms with E-state index in [1.54, 1.807) is 30.3 Å². The molecule has 0 bridgehead atoms. The molecule has 2 heterocycles. The smallest absolute Gasteiger partial charge is 0.363 e. The van der Waals surface area contributed by atoms with Crippen molar-refractivity contribution >= 4 is 17.9 Å². The summed E-state index contributed by atoms with van der Waals surface area (Å²) in [6, 6.07) is 8.74. The number of rotatable bonds is 5. The quantitative estimate of drug-likeness (QED) is 0.567. The van der Waals surface area contributed by atoms with E-state index < -0.39 is 5.97 Å². The Hall–Kier alpha value is -3.68. The lowest BCUT2D eigenvalue weighted by molar-refractivity contribution is -0.129. The third kappa shape index (κ3) is 3.56. The standard InChI is InChI=1S/C21H19NO7/c1-24-17-10-13(11-18(25-2)19(17)26-3)20-22-14(21(23)29-20)8-12-4-5-15-16(9-12)28-7-6-27-15/h4-5,8-11H,6-7H2,1-3H3. The Labute approximate surface area is 167 Å². The van der Waals surface area contributed by atoms with Gasteiger partial charge in [0, 0.05) is 5.56 Å². The van der Waals surface area contributed by atoms with Crippen molar-refractivity contribution in [2.75, 3.05) is 34.5 Å². The number of esters is 1. The molecule has 0 spiro atoms. The number of carbonyl (C=O) groups is 1. The molecule has 4 rings (SSSR count). The van der Waals surface area contributed by atoms with Crippen molar-refractivity contribution in [1.29, 1.82) is 0 Å². The maximum absolute atomic E-state index is 12.3. The van der Waals surface area contributed by atoms with Crippen LogP contribution in [-0.4, -0.2) is 46.4 Å². The van der Waals surface area contributed by atoms with E-state index in [9.17, 15) is 4.79 Å². The molecule has 8 heteroatoms. The Morgan fingerprint density at radius 1 is 0.931 bits per heavy atom. The minimum absolute atomic E-state index is 0.151. The van der Waals surface area contributed by atoms with E-state index in [1.807, 2.05) is 6.07 Å². The first kappa shape index (κ1) is 18.7. The second-order valence-electron chi connectivity index (χ2n) is 6.15. The summed E-state index contributed by atoms with van der Waals surface area (Å²) in [7, 11) is 4.54. The second kappa shape index (κ2) is 7.75. The SMILES string of the molecule is COc1cc(C2=NC(=Cc3ccc4c(c3)OCCO4)C(=O)O2)cc(OC)c1OC. The molecule has 0 saturated heterocycles. The highest BCUT2D eigenvalue weighted by Crippen LogP contribution is 2.39. The summed E-state index contributed by atoms with van der Waals surface area (Å²) >= 11 is 0. The molecule has 0 fully saturated rings. The number of carbonyl (C=O) groups excluding carboxylic acids is 1. The van der Waals surface area contributed by atoms with Crippen LogP contribution in [0.5, 0.6) is 28.7 Å². The fourth-order valence-electron chi connectivity index (χ4n) is 3.04. The number of methoxy groups -OCH3 is 3. The van der Waals surface area contributed by atoms with Crippen LogP contribution in [0, 0.1) is 0 Å². The van der Waals surface area contributed by atoms with E-state index in [0.29, 0.717) is 47.5 Å². The van der Waals surface area contributed by atoms with Crippen LogP contribution < -0.4 is 23.7 Å². The van der Waals surface area contributed by atoms with Crippen LogP contribution in [0.1, 0.15) is 11.1 Å². The molecule has 150 valence electrons. The zero-order chi connectivity index (χ0) is 20.4. The lowest BCUT2D eigenvalue weighted by atomic mass is 10.1. The van der Waals surface area contributed by atoms with Crippen molar-refractivity contribution in [3.8, 4) is 28.7 Å². The van der Waals surface area contributed by atoms with Gasteiger partial charge < -0.3 is 28.4 Å². The van der Waals surface area contributed by atoms with Gasteiger partial charge in [0.1, 0.15) is 13.2 Å². The van der Waals surface area contributed by atoms with E-state index in [1.165, 1.54) is 21.3 Å². The lowest BCUT2D eigenvalue weighted by Gasteiger charge is -2.18. The highest BCUT2D eigenvalue weighted by Gasteiger charge is 2.26. The highest BCUT2D eigenvalue weighted by atomic mass is 16.6. The van der Waals surface area contributed by atoms with Crippen molar-refractivity contribution in [2.24, 2.45) is 4.99 Å². The van der Waals surface area contributed by atoms with Gasteiger partial charge in [-0.2, -0.15) is 0 Å². The number of benzene rings is 2. The minimum Gasteiger partial charge on any atom is -0.493 e. The van der Waals surface area contributed by atoms with Crippen LogP contribution in [-0.2, 0) is 9.53 Å². The van der Waals surface area contributed by atoms with Gasteiger partial charge in [0.25, 0.3) is 0 Å². The predicted octanol–water partition coefficient (Wildman–Crippen LogP) is 2.83. The van der Waals surface area contributed by atoms with Gasteiger partial charge in [-0.25, -0.2) is 9.79 Å². The molecule has 0 amide bonds. The number of hydrogen-bond donors (Lipinski definition) is 0. The molecule has 0 aromatic heterocycles. The highest BCUT2D eigenvalue weighted by molar-refractivity contribution is 6.13. The van der Waals surface area contributed by atoms with Crippen LogP contribution in [0.15, 0.2) is 41.0 Å². The third-order valence-electron chi connectivity index (χ3n) is 4.40. The van der Waals surface area contributed by atoms with Crippen molar-refractivity contribution in [3.63, 3.8) is 0 Å².